The van der Waals surface area contributed by atoms with Gasteiger partial charge in [-0.3, -0.25) is 4.79 Å². The topological polar surface area (TPSA) is 17.1 Å². The number of allylic oxidation sites excluding steroid dienone is 14. The molecule has 1 heteroatoms. The van der Waals surface area contributed by atoms with E-state index in [1.54, 1.807) is 0 Å². The van der Waals surface area contributed by atoms with Gasteiger partial charge in [-0.1, -0.05) is 66.8 Å². The number of Topliss-reactive ketones (excluding diaryl/α,β-unsaturated/α-hetero) is 1. The Morgan fingerprint density at radius 1 is 0.833 bits per heavy atom. The minimum atomic E-state index is 0.175. The first-order valence-electron chi connectivity index (χ1n) is 8.41. The van der Waals surface area contributed by atoms with Gasteiger partial charge in [0.1, 0.15) is 0 Å². The minimum Gasteiger partial charge on any atom is -0.289 e. The van der Waals surface area contributed by atoms with Crippen LogP contribution in [-0.4, -0.2) is 5.78 Å². The molecule has 2 atom stereocenters. The van der Waals surface area contributed by atoms with E-state index in [0.717, 1.165) is 22.3 Å². The van der Waals surface area contributed by atoms with Crippen molar-refractivity contribution >= 4 is 11.4 Å². The van der Waals surface area contributed by atoms with E-state index in [4.69, 9.17) is 0 Å². The number of hydrogen-bond acceptors (Lipinski definition) is 1. The lowest BCUT2D eigenvalue weighted by Crippen LogP contribution is -2.12. The molecule has 1 aromatic rings. The van der Waals surface area contributed by atoms with Crippen LogP contribution in [-0.2, 0) is 0 Å². The second kappa shape index (κ2) is 4.12. The Balaban J connectivity index is 1.64. The van der Waals surface area contributed by atoms with Crippen LogP contribution in [0.2, 0.25) is 0 Å². The van der Waals surface area contributed by atoms with Crippen molar-refractivity contribution in [2.24, 2.45) is 11.8 Å². The molecule has 0 fully saturated rings. The first-order valence-corrected chi connectivity index (χ1v) is 8.41. The maximum Gasteiger partial charge on any atom is 0.193 e. The molecule has 0 radical (unpaired) electrons. The first-order chi connectivity index (χ1) is 11.8. The van der Waals surface area contributed by atoms with Crippen LogP contribution in [0.5, 0.6) is 0 Å². The zero-order chi connectivity index (χ0) is 15.8. The molecule has 6 rings (SSSR count). The Bertz CT molecular complexity index is 1060. The second-order valence-corrected chi connectivity index (χ2v) is 6.89. The molecule has 0 bridgehead atoms. The van der Waals surface area contributed by atoms with E-state index in [-0.39, 0.29) is 11.7 Å². The number of ketones is 1. The third kappa shape index (κ3) is 1.34. The molecule has 0 amide bonds. The summed E-state index contributed by atoms with van der Waals surface area (Å²) in [6.45, 7) is 0. The van der Waals surface area contributed by atoms with Gasteiger partial charge in [-0.05, 0) is 39.5 Å². The van der Waals surface area contributed by atoms with E-state index in [1.165, 1.54) is 22.3 Å². The van der Waals surface area contributed by atoms with E-state index >= 15 is 0 Å². The molecule has 2 unspecified atom stereocenters. The Labute approximate surface area is 140 Å². The van der Waals surface area contributed by atoms with Crippen molar-refractivity contribution in [2.45, 2.75) is 0 Å². The van der Waals surface area contributed by atoms with Gasteiger partial charge in [-0.2, -0.15) is 0 Å². The second-order valence-electron chi connectivity index (χ2n) is 6.89. The quantitative estimate of drug-likeness (QED) is 0.676. The third-order valence-corrected chi connectivity index (χ3v) is 5.78. The summed E-state index contributed by atoms with van der Waals surface area (Å²) in [6.07, 6.45) is 17.7. The van der Waals surface area contributed by atoms with Gasteiger partial charge in [-0.15, -0.1) is 0 Å². The zero-order valence-corrected chi connectivity index (χ0v) is 13.0. The average molecular weight is 306 g/mol. The highest BCUT2D eigenvalue weighted by Crippen LogP contribution is 2.54. The van der Waals surface area contributed by atoms with E-state index in [0.29, 0.717) is 5.92 Å². The van der Waals surface area contributed by atoms with E-state index in [1.807, 2.05) is 18.2 Å². The highest BCUT2D eigenvalue weighted by molar-refractivity contribution is 6.27. The molecule has 1 aromatic carbocycles. The molecule has 0 aliphatic heterocycles. The maximum absolute atomic E-state index is 12.8. The van der Waals surface area contributed by atoms with E-state index < -0.39 is 0 Å². The highest BCUT2D eigenvalue weighted by Gasteiger charge is 2.42. The summed E-state index contributed by atoms with van der Waals surface area (Å²) in [4.78, 5) is 12.8. The Kier molecular flexibility index (Phi) is 2.15. The number of fused-ring (bicyclic) bond motifs is 5. The molecule has 24 heavy (non-hydrogen) atoms. The molecule has 0 aromatic heterocycles. The summed E-state index contributed by atoms with van der Waals surface area (Å²) in [5, 5.41) is 0. The monoisotopic (exact) mass is 306 g/mol. The molecule has 5 aliphatic rings. The van der Waals surface area contributed by atoms with Gasteiger partial charge >= 0.3 is 0 Å². The lowest BCUT2D eigenvalue weighted by molar-refractivity contribution is 0.104. The molecule has 0 N–H and O–H groups in total. The molecule has 1 nitrogen and oxygen atoms in total. The fraction of sp³-hybridized carbons (Fsp3) is 0.0870. The lowest BCUT2D eigenvalue weighted by Gasteiger charge is -2.24. The predicted molar refractivity (Wildman–Crippen MR) is 95.3 cm³/mol. The van der Waals surface area contributed by atoms with Crippen molar-refractivity contribution in [3.63, 3.8) is 0 Å². The Hall–Kier alpha value is -2.93. The van der Waals surface area contributed by atoms with Crippen molar-refractivity contribution in [3.05, 3.63) is 112 Å². The molecule has 0 saturated carbocycles. The smallest absolute Gasteiger partial charge is 0.193 e. The fourth-order valence-corrected chi connectivity index (χ4v) is 4.76. The number of benzene rings is 1. The van der Waals surface area contributed by atoms with Gasteiger partial charge in [0.2, 0.25) is 0 Å². The summed E-state index contributed by atoms with van der Waals surface area (Å²) >= 11 is 0. The van der Waals surface area contributed by atoms with Gasteiger partial charge in [0.15, 0.2) is 5.78 Å². The molecule has 0 heterocycles. The van der Waals surface area contributed by atoms with Crippen LogP contribution < -0.4 is 0 Å². The summed E-state index contributed by atoms with van der Waals surface area (Å²) in [5.41, 5.74) is 9.44. The van der Waals surface area contributed by atoms with Gasteiger partial charge in [0.25, 0.3) is 0 Å². The number of carbonyl (C=O) groups is 1. The molecular weight excluding hydrogens is 292 g/mol. The van der Waals surface area contributed by atoms with Crippen molar-refractivity contribution in [3.8, 4) is 0 Å². The van der Waals surface area contributed by atoms with Crippen LogP contribution in [0.15, 0.2) is 101 Å². The lowest BCUT2D eigenvalue weighted by atomic mass is 9.79. The van der Waals surface area contributed by atoms with Crippen molar-refractivity contribution in [1.82, 2.24) is 0 Å². The summed E-state index contributed by atoms with van der Waals surface area (Å²) in [6, 6.07) is 7.97. The summed E-state index contributed by atoms with van der Waals surface area (Å²) in [5.74, 6) is 0.782. The first kappa shape index (κ1) is 12.5. The molecule has 5 aliphatic carbocycles. The predicted octanol–water partition coefficient (Wildman–Crippen LogP) is 4.74. The van der Waals surface area contributed by atoms with Gasteiger partial charge in [-0.25, -0.2) is 0 Å². The zero-order valence-electron chi connectivity index (χ0n) is 13.0. The van der Waals surface area contributed by atoms with Crippen LogP contribution in [0.4, 0.5) is 0 Å². The molecule has 0 spiro atoms. The largest absolute Gasteiger partial charge is 0.289 e. The van der Waals surface area contributed by atoms with Crippen LogP contribution in [0.1, 0.15) is 15.9 Å². The van der Waals surface area contributed by atoms with Gasteiger partial charge in [0, 0.05) is 23.0 Å². The summed E-state index contributed by atoms with van der Waals surface area (Å²) in [7, 11) is 0. The Morgan fingerprint density at radius 3 is 2.58 bits per heavy atom. The molecule has 112 valence electrons. The van der Waals surface area contributed by atoms with Crippen molar-refractivity contribution in [1.29, 1.82) is 0 Å². The molecular formula is C23H14O. The van der Waals surface area contributed by atoms with E-state index in [2.05, 4.69) is 54.7 Å². The number of rotatable bonds is 0. The maximum atomic E-state index is 12.8. The van der Waals surface area contributed by atoms with Crippen molar-refractivity contribution in [2.75, 3.05) is 0 Å². The highest BCUT2D eigenvalue weighted by atomic mass is 16.1. The summed E-state index contributed by atoms with van der Waals surface area (Å²) < 4.78 is 0. The SMILES string of the molecule is O=C1C2=CC3C4=CC=CC5=CC=CC(=C3C=C2c2ccccc21)C54. The average Bonchev–Trinajstić information content (AvgIpc) is 3.10. The normalized spacial score (nSPS) is 27.8. The molecule has 0 saturated heterocycles. The van der Waals surface area contributed by atoms with Crippen LogP contribution in [0.25, 0.3) is 5.57 Å². The Morgan fingerprint density at radius 2 is 1.67 bits per heavy atom. The van der Waals surface area contributed by atoms with Crippen LogP contribution >= 0.6 is 0 Å². The minimum absolute atomic E-state index is 0.175. The van der Waals surface area contributed by atoms with E-state index in [9.17, 15) is 4.79 Å². The van der Waals surface area contributed by atoms with Crippen molar-refractivity contribution < 1.29 is 4.79 Å². The van der Waals surface area contributed by atoms with Gasteiger partial charge < -0.3 is 0 Å². The fourth-order valence-electron chi connectivity index (χ4n) is 4.76. The standard InChI is InChI=1S/C23H14O/c24-23-17-8-2-1-7-14(17)18-11-19-15-9-3-5-13-6-4-10-16(22(13)15)20(19)12-21(18)23/h1-12,20,22H. The number of carbonyl (C=O) groups excluding carboxylic acids is 1. The van der Waals surface area contributed by atoms with Crippen LogP contribution in [0, 0.1) is 11.8 Å². The third-order valence-electron chi connectivity index (χ3n) is 5.78. The number of hydrogen-bond donors (Lipinski definition) is 0. The van der Waals surface area contributed by atoms with Crippen LogP contribution in [0.3, 0.4) is 0 Å². The van der Waals surface area contributed by atoms with Gasteiger partial charge in [0.05, 0.1) is 0 Å².